The van der Waals surface area contributed by atoms with E-state index in [0.717, 1.165) is 0 Å². The van der Waals surface area contributed by atoms with Crippen LogP contribution in [0.2, 0.25) is 0 Å². The Morgan fingerprint density at radius 2 is 2.14 bits per heavy atom. The van der Waals surface area contributed by atoms with Gasteiger partial charge in [0.2, 0.25) is 0 Å². The number of amides is 2. The molecule has 0 aliphatic carbocycles. The van der Waals surface area contributed by atoms with Crippen LogP contribution in [0, 0.1) is 0 Å². The number of aromatic nitrogens is 2. The van der Waals surface area contributed by atoms with Crippen molar-refractivity contribution in [2.45, 2.75) is 5.92 Å². The summed E-state index contributed by atoms with van der Waals surface area (Å²) in [5, 5.41) is 16.0. The van der Waals surface area contributed by atoms with Gasteiger partial charge in [0.05, 0.1) is 11.9 Å². The van der Waals surface area contributed by atoms with E-state index >= 15 is 0 Å². The molecule has 0 saturated carbocycles. The molecule has 0 spiro atoms. The van der Waals surface area contributed by atoms with Crippen LogP contribution in [0.1, 0.15) is 11.5 Å². The minimum Gasteiger partial charge on any atom is -0.481 e. The fourth-order valence-corrected chi connectivity index (χ4v) is 2.49. The highest BCUT2D eigenvalue weighted by molar-refractivity contribution is 6.04. The maximum absolute atomic E-state index is 12.3. The van der Waals surface area contributed by atoms with Gasteiger partial charge in [0.1, 0.15) is 5.92 Å². The zero-order chi connectivity index (χ0) is 15.0. The van der Waals surface area contributed by atoms with Gasteiger partial charge in [-0.2, -0.15) is 5.10 Å². The van der Waals surface area contributed by atoms with E-state index in [4.69, 9.17) is 0 Å². The number of aryl methyl sites for hydroxylation is 1. The molecule has 21 heavy (non-hydrogen) atoms. The molecule has 108 valence electrons. The molecule has 2 aromatic rings. The predicted molar refractivity (Wildman–Crippen MR) is 76.4 cm³/mol. The fourth-order valence-electron chi connectivity index (χ4n) is 2.49. The first-order valence-electron chi connectivity index (χ1n) is 6.45. The number of nitrogens with zero attached hydrogens (tertiary/aromatic N) is 3. The van der Waals surface area contributed by atoms with Crippen molar-refractivity contribution in [3.8, 4) is 0 Å². The zero-order valence-corrected chi connectivity index (χ0v) is 11.4. The van der Waals surface area contributed by atoms with E-state index in [1.54, 1.807) is 42.2 Å². The number of carbonyl (C=O) groups excluding carboxylic acids is 1. The number of benzene rings is 1. The summed E-state index contributed by atoms with van der Waals surface area (Å²) < 4.78 is 1.58. The molecule has 0 bridgehead atoms. The summed E-state index contributed by atoms with van der Waals surface area (Å²) in [5.41, 5.74) is 1.86. The van der Waals surface area contributed by atoms with E-state index in [1.165, 1.54) is 11.1 Å². The molecule has 1 unspecified atom stereocenters. The third-order valence-corrected chi connectivity index (χ3v) is 3.47. The van der Waals surface area contributed by atoms with Gasteiger partial charge in [-0.3, -0.25) is 14.4 Å². The number of carbonyl (C=O) groups is 2. The molecule has 7 heteroatoms. The lowest BCUT2D eigenvalue weighted by Gasteiger charge is -2.17. The summed E-state index contributed by atoms with van der Waals surface area (Å²) in [7, 11) is 1.75. The molecule has 3 rings (SSSR count). The van der Waals surface area contributed by atoms with E-state index in [2.05, 4.69) is 10.4 Å². The number of rotatable bonds is 2. The fraction of sp³-hybridized carbons (Fsp3) is 0.214. The van der Waals surface area contributed by atoms with Crippen LogP contribution in [-0.4, -0.2) is 33.4 Å². The monoisotopic (exact) mass is 286 g/mol. The van der Waals surface area contributed by atoms with Crippen molar-refractivity contribution >= 4 is 23.4 Å². The smallest absolute Gasteiger partial charge is 0.326 e. The van der Waals surface area contributed by atoms with Gasteiger partial charge < -0.3 is 10.4 Å². The van der Waals surface area contributed by atoms with Crippen molar-refractivity contribution in [1.82, 2.24) is 9.78 Å². The van der Waals surface area contributed by atoms with Gasteiger partial charge in [0.15, 0.2) is 0 Å². The van der Waals surface area contributed by atoms with Crippen LogP contribution >= 0.6 is 0 Å². The predicted octanol–water partition coefficient (Wildman–Crippen LogP) is 1.64. The summed E-state index contributed by atoms with van der Waals surface area (Å²) in [5.74, 6) is -1.63. The average Bonchev–Trinajstić information content (AvgIpc) is 3.02. The second-order valence-electron chi connectivity index (χ2n) is 4.89. The molecule has 2 amide bonds. The largest absolute Gasteiger partial charge is 0.481 e. The summed E-state index contributed by atoms with van der Waals surface area (Å²) >= 11 is 0. The maximum atomic E-state index is 12.3. The molecule has 1 aromatic carbocycles. The Morgan fingerprint density at radius 3 is 2.81 bits per heavy atom. The molecule has 0 saturated heterocycles. The van der Waals surface area contributed by atoms with E-state index in [-0.39, 0.29) is 12.6 Å². The summed E-state index contributed by atoms with van der Waals surface area (Å²) in [4.78, 5) is 25.1. The molecule has 7 nitrogen and oxygen atoms in total. The normalized spacial score (nSPS) is 16.6. The van der Waals surface area contributed by atoms with Gasteiger partial charge in [0.25, 0.3) is 0 Å². The van der Waals surface area contributed by atoms with Crippen LogP contribution < -0.4 is 10.2 Å². The zero-order valence-electron chi connectivity index (χ0n) is 11.4. The van der Waals surface area contributed by atoms with E-state index < -0.39 is 11.9 Å². The summed E-state index contributed by atoms with van der Waals surface area (Å²) in [6, 6.07) is 6.69. The van der Waals surface area contributed by atoms with Crippen LogP contribution in [0.3, 0.4) is 0 Å². The van der Waals surface area contributed by atoms with Crippen molar-refractivity contribution in [2.75, 3.05) is 16.8 Å². The SMILES string of the molecule is Cn1cc(NC(=O)N2CC(C(=O)O)c3ccccc32)cn1. The molecule has 2 N–H and O–H groups in total. The van der Waals surface area contributed by atoms with E-state index in [0.29, 0.717) is 16.9 Å². The summed E-state index contributed by atoms with van der Waals surface area (Å²) in [6.07, 6.45) is 3.21. The third kappa shape index (κ3) is 2.33. The topological polar surface area (TPSA) is 87.5 Å². The minimum absolute atomic E-state index is 0.126. The first-order valence-corrected chi connectivity index (χ1v) is 6.45. The van der Waals surface area contributed by atoms with Gasteiger partial charge in [-0.15, -0.1) is 0 Å². The van der Waals surface area contributed by atoms with Gasteiger partial charge in [-0.25, -0.2) is 4.79 Å². The first kappa shape index (κ1) is 13.2. The highest BCUT2D eigenvalue weighted by atomic mass is 16.4. The molecular formula is C14H14N4O3. The van der Waals surface area contributed by atoms with Gasteiger partial charge in [-0.1, -0.05) is 18.2 Å². The lowest BCUT2D eigenvalue weighted by Crippen LogP contribution is -2.34. The number of nitrogens with one attached hydrogen (secondary N) is 1. The average molecular weight is 286 g/mol. The Balaban J connectivity index is 1.86. The highest BCUT2D eigenvalue weighted by Crippen LogP contribution is 2.36. The lowest BCUT2D eigenvalue weighted by molar-refractivity contribution is -0.138. The quantitative estimate of drug-likeness (QED) is 0.878. The maximum Gasteiger partial charge on any atom is 0.326 e. The summed E-state index contributed by atoms with van der Waals surface area (Å²) in [6.45, 7) is 0.126. The number of aliphatic carboxylic acids is 1. The number of carboxylic acid groups (broad SMARTS) is 1. The Morgan fingerprint density at radius 1 is 1.38 bits per heavy atom. The highest BCUT2D eigenvalue weighted by Gasteiger charge is 2.36. The van der Waals surface area contributed by atoms with Crippen LogP contribution in [0.25, 0.3) is 0 Å². The van der Waals surface area contributed by atoms with Crippen molar-refractivity contribution in [2.24, 2.45) is 7.05 Å². The molecule has 0 radical (unpaired) electrons. The van der Waals surface area contributed by atoms with Gasteiger partial charge >= 0.3 is 12.0 Å². The van der Waals surface area contributed by atoms with Crippen molar-refractivity contribution in [3.05, 3.63) is 42.2 Å². The number of carboxylic acids is 1. The van der Waals surface area contributed by atoms with Crippen LogP contribution in [0.5, 0.6) is 0 Å². The van der Waals surface area contributed by atoms with E-state index in [9.17, 15) is 14.7 Å². The van der Waals surface area contributed by atoms with Crippen LogP contribution in [0.4, 0.5) is 16.2 Å². The Kier molecular flexibility index (Phi) is 3.09. The standard InChI is InChI=1S/C14H14N4O3/c1-17-7-9(6-15-17)16-14(21)18-8-11(13(19)20)10-4-2-3-5-12(10)18/h2-7,11H,8H2,1H3,(H,16,21)(H,19,20). The Bertz CT molecular complexity index is 710. The number of urea groups is 1. The second-order valence-corrected chi connectivity index (χ2v) is 4.89. The van der Waals surface area contributed by atoms with E-state index in [1.807, 2.05) is 0 Å². The molecule has 1 aliphatic heterocycles. The molecule has 1 atom stereocenters. The molecule has 2 heterocycles. The van der Waals surface area contributed by atoms with Crippen molar-refractivity contribution < 1.29 is 14.7 Å². The lowest BCUT2D eigenvalue weighted by atomic mass is 10.0. The van der Waals surface area contributed by atoms with Crippen molar-refractivity contribution in [3.63, 3.8) is 0 Å². The van der Waals surface area contributed by atoms with Gasteiger partial charge in [0, 0.05) is 25.5 Å². The molecular weight excluding hydrogens is 272 g/mol. The number of fused-ring (bicyclic) bond motifs is 1. The number of hydrogen-bond acceptors (Lipinski definition) is 3. The Hall–Kier alpha value is -2.83. The Labute approximate surface area is 120 Å². The van der Waals surface area contributed by atoms with Crippen LogP contribution in [0.15, 0.2) is 36.7 Å². The number of anilines is 2. The second kappa shape index (κ2) is 4.93. The third-order valence-electron chi connectivity index (χ3n) is 3.47. The van der Waals surface area contributed by atoms with Crippen molar-refractivity contribution in [1.29, 1.82) is 0 Å². The van der Waals surface area contributed by atoms with Crippen LogP contribution in [-0.2, 0) is 11.8 Å². The number of para-hydroxylation sites is 1. The molecule has 1 aromatic heterocycles. The molecule has 1 aliphatic rings. The van der Waals surface area contributed by atoms with Gasteiger partial charge in [-0.05, 0) is 11.6 Å². The first-order chi connectivity index (χ1) is 10.1. The minimum atomic E-state index is -0.931. The molecule has 0 fully saturated rings. The number of hydrogen-bond donors (Lipinski definition) is 2.